The molecule has 0 saturated carbocycles. The summed E-state index contributed by atoms with van der Waals surface area (Å²) in [4.78, 5) is 3.86. The second-order valence-corrected chi connectivity index (χ2v) is 4.33. The van der Waals surface area contributed by atoms with Crippen molar-refractivity contribution >= 4 is 28.8 Å². The van der Waals surface area contributed by atoms with Gasteiger partial charge in [0.05, 0.1) is 5.69 Å². The lowest BCUT2D eigenvalue weighted by Crippen LogP contribution is -1.80. The van der Waals surface area contributed by atoms with Crippen molar-refractivity contribution in [2.24, 2.45) is 10.2 Å². The van der Waals surface area contributed by atoms with Crippen molar-refractivity contribution in [1.29, 1.82) is 5.26 Å². The molecule has 0 radical (unpaired) electrons. The zero-order valence-corrected chi connectivity index (χ0v) is 10.7. The van der Waals surface area contributed by atoms with Gasteiger partial charge in [-0.1, -0.05) is 11.6 Å². The van der Waals surface area contributed by atoms with Crippen LogP contribution in [0.1, 0.15) is 5.56 Å². The molecule has 0 saturated heterocycles. The van der Waals surface area contributed by atoms with Crippen LogP contribution in [0.2, 0.25) is 5.02 Å². The van der Waals surface area contributed by atoms with Crippen LogP contribution in [0.25, 0.3) is 5.65 Å². The molecule has 2 heterocycles. The lowest BCUT2D eigenvalue weighted by Gasteiger charge is -1.93. The Morgan fingerprint density at radius 2 is 2.05 bits per heavy atom. The smallest absolute Gasteiger partial charge is 0.261 e. The van der Waals surface area contributed by atoms with E-state index >= 15 is 0 Å². The van der Waals surface area contributed by atoms with E-state index in [1.54, 1.807) is 24.3 Å². The molecule has 2 aromatic heterocycles. The average Bonchev–Trinajstić information content (AvgIpc) is 2.97. The van der Waals surface area contributed by atoms with Gasteiger partial charge in [0.1, 0.15) is 11.6 Å². The van der Waals surface area contributed by atoms with Gasteiger partial charge < -0.3 is 5.11 Å². The second-order valence-electron chi connectivity index (χ2n) is 3.89. The number of aromatic amines is 1. The highest BCUT2D eigenvalue weighted by Gasteiger charge is 2.15. The summed E-state index contributed by atoms with van der Waals surface area (Å²) in [5.74, 6) is -0.178. The third-order valence-corrected chi connectivity index (χ3v) is 2.87. The van der Waals surface area contributed by atoms with Crippen molar-refractivity contribution < 1.29 is 5.11 Å². The fourth-order valence-corrected chi connectivity index (χ4v) is 1.81. The van der Waals surface area contributed by atoms with Gasteiger partial charge in [-0.15, -0.1) is 10.2 Å². The highest BCUT2D eigenvalue weighted by atomic mass is 35.5. The van der Waals surface area contributed by atoms with Crippen LogP contribution in [-0.2, 0) is 0 Å². The summed E-state index contributed by atoms with van der Waals surface area (Å²) < 4.78 is 1.38. The highest BCUT2D eigenvalue weighted by molar-refractivity contribution is 6.30. The number of rotatable bonds is 2. The predicted octanol–water partition coefficient (Wildman–Crippen LogP) is 3.31. The van der Waals surface area contributed by atoms with E-state index in [2.05, 4.69) is 20.3 Å². The van der Waals surface area contributed by atoms with Crippen LogP contribution in [0.5, 0.6) is 5.88 Å². The first-order chi connectivity index (χ1) is 9.69. The number of aromatic hydroxyl groups is 1. The van der Waals surface area contributed by atoms with E-state index in [-0.39, 0.29) is 11.7 Å². The molecule has 0 fully saturated rings. The number of azo groups is 1. The number of imidazole rings is 1. The van der Waals surface area contributed by atoms with Gasteiger partial charge in [0.2, 0.25) is 5.82 Å². The minimum Gasteiger partial charge on any atom is -0.490 e. The van der Waals surface area contributed by atoms with Crippen molar-refractivity contribution in [2.45, 2.75) is 0 Å². The van der Waals surface area contributed by atoms with Crippen LogP contribution >= 0.6 is 11.6 Å². The molecular weight excluding hydrogens is 280 g/mol. The Balaban J connectivity index is 2.02. The summed E-state index contributed by atoms with van der Waals surface area (Å²) in [7, 11) is 0. The Morgan fingerprint density at radius 3 is 2.75 bits per heavy atom. The van der Waals surface area contributed by atoms with E-state index in [0.29, 0.717) is 21.9 Å². The maximum absolute atomic E-state index is 9.73. The molecular formula is C12H7ClN6O. The SMILES string of the molecule is N#Cc1c[nH]n2c(N=Nc3ccc(Cl)cc3)c(O)nc12. The number of benzene rings is 1. The molecule has 0 atom stereocenters. The van der Waals surface area contributed by atoms with E-state index in [4.69, 9.17) is 16.9 Å². The van der Waals surface area contributed by atoms with Crippen LogP contribution < -0.4 is 0 Å². The van der Waals surface area contributed by atoms with Crippen molar-refractivity contribution in [1.82, 2.24) is 14.6 Å². The highest BCUT2D eigenvalue weighted by Crippen LogP contribution is 2.29. The molecule has 3 rings (SSSR count). The molecule has 0 aliphatic carbocycles. The molecule has 3 aromatic rings. The topological polar surface area (TPSA) is 102 Å². The third-order valence-electron chi connectivity index (χ3n) is 2.62. The van der Waals surface area contributed by atoms with Crippen molar-refractivity contribution in [3.63, 3.8) is 0 Å². The van der Waals surface area contributed by atoms with Crippen molar-refractivity contribution in [3.8, 4) is 11.9 Å². The minimum absolute atomic E-state index is 0.122. The average molecular weight is 287 g/mol. The summed E-state index contributed by atoms with van der Waals surface area (Å²) in [5.41, 5.74) is 1.19. The lowest BCUT2D eigenvalue weighted by atomic mass is 10.3. The quantitative estimate of drug-likeness (QED) is 0.706. The Kier molecular flexibility index (Phi) is 2.85. The number of nitrogens with one attached hydrogen (secondary N) is 1. The number of fused-ring (bicyclic) bond motifs is 1. The van der Waals surface area contributed by atoms with Gasteiger partial charge >= 0.3 is 0 Å². The van der Waals surface area contributed by atoms with Crippen LogP contribution in [-0.4, -0.2) is 19.7 Å². The van der Waals surface area contributed by atoms with Gasteiger partial charge in [0.15, 0.2) is 5.65 Å². The maximum Gasteiger partial charge on any atom is 0.261 e. The molecule has 0 spiro atoms. The Labute approximate surface area is 117 Å². The molecule has 0 bridgehead atoms. The molecule has 98 valence electrons. The van der Waals surface area contributed by atoms with E-state index < -0.39 is 0 Å². The molecule has 0 aliphatic heterocycles. The summed E-state index contributed by atoms with van der Waals surface area (Å²) in [6.07, 6.45) is 1.48. The van der Waals surface area contributed by atoms with Crippen molar-refractivity contribution in [2.75, 3.05) is 0 Å². The fraction of sp³-hybridized carbons (Fsp3) is 0. The van der Waals surface area contributed by atoms with Crippen LogP contribution in [0, 0.1) is 11.3 Å². The van der Waals surface area contributed by atoms with Gasteiger partial charge in [0, 0.05) is 11.2 Å². The number of hydrogen-bond acceptors (Lipinski definition) is 5. The molecule has 0 unspecified atom stereocenters. The number of H-pyrrole nitrogens is 1. The van der Waals surface area contributed by atoms with Gasteiger partial charge in [-0.2, -0.15) is 10.2 Å². The van der Waals surface area contributed by atoms with Crippen molar-refractivity contribution in [3.05, 3.63) is 41.0 Å². The monoisotopic (exact) mass is 286 g/mol. The Bertz CT molecular complexity index is 839. The first-order valence-electron chi connectivity index (χ1n) is 5.55. The molecule has 0 aliphatic rings. The molecule has 7 nitrogen and oxygen atoms in total. The van der Waals surface area contributed by atoms with E-state index in [1.807, 2.05) is 6.07 Å². The summed E-state index contributed by atoms with van der Waals surface area (Å²) in [6, 6.07) is 8.71. The third kappa shape index (κ3) is 1.98. The number of aromatic nitrogens is 3. The van der Waals surface area contributed by atoms with E-state index in [9.17, 15) is 5.11 Å². The molecule has 20 heavy (non-hydrogen) atoms. The number of nitrogens with zero attached hydrogens (tertiary/aromatic N) is 5. The molecule has 0 amide bonds. The number of halogens is 1. The summed E-state index contributed by atoms with van der Waals surface area (Å²) in [5, 5.41) is 29.9. The Hall–Kier alpha value is -2.85. The van der Waals surface area contributed by atoms with Crippen LogP contribution in [0.15, 0.2) is 40.7 Å². The van der Waals surface area contributed by atoms with E-state index in [0.717, 1.165) is 0 Å². The van der Waals surface area contributed by atoms with E-state index in [1.165, 1.54) is 10.7 Å². The van der Waals surface area contributed by atoms with Gasteiger partial charge in [-0.25, -0.2) is 4.52 Å². The molecule has 2 N–H and O–H groups in total. The normalized spacial score (nSPS) is 11.2. The van der Waals surface area contributed by atoms with Gasteiger partial charge in [-0.3, -0.25) is 5.10 Å². The van der Waals surface area contributed by atoms with Crippen LogP contribution in [0.4, 0.5) is 11.5 Å². The predicted molar refractivity (Wildman–Crippen MR) is 71.6 cm³/mol. The summed E-state index contributed by atoms with van der Waals surface area (Å²) in [6.45, 7) is 0. The first-order valence-corrected chi connectivity index (χ1v) is 5.93. The summed E-state index contributed by atoms with van der Waals surface area (Å²) >= 11 is 5.77. The Morgan fingerprint density at radius 1 is 1.30 bits per heavy atom. The minimum atomic E-state index is -0.300. The van der Waals surface area contributed by atoms with Crippen LogP contribution in [0.3, 0.4) is 0 Å². The van der Waals surface area contributed by atoms with Gasteiger partial charge in [-0.05, 0) is 24.3 Å². The first kappa shape index (κ1) is 12.2. The fourth-order valence-electron chi connectivity index (χ4n) is 1.68. The molecule has 8 heteroatoms. The zero-order valence-electron chi connectivity index (χ0n) is 9.95. The second kappa shape index (κ2) is 4.68. The number of nitriles is 1. The lowest BCUT2D eigenvalue weighted by molar-refractivity contribution is 0.458. The van der Waals surface area contributed by atoms with Gasteiger partial charge in [0.25, 0.3) is 5.88 Å². The maximum atomic E-state index is 9.73. The zero-order chi connectivity index (χ0) is 14.1. The standard InChI is InChI=1S/C12H7ClN6O/c13-8-1-3-9(4-2-8)17-18-11-12(20)16-10-7(5-14)6-15-19(10)11/h1-4,6,15,20H. The largest absolute Gasteiger partial charge is 0.490 e. The number of hydrogen-bond donors (Lipinski definition) is 2. The molecule has 1 aromatic carbocycles.